The van der Waals surface area contributed by atoms with Crippen molar-refractivity contribution < 1.29 is 27.5 Å². The van der Waals surface area contributed by atoms with Crippen LogP contribution in [0, 0.1) is 24.0 Å². The maximum absolute atomic E-state index is 17.0. The van der Waals surface area contributed by atoms with E-state index in [2.05, 4.69) is 32.7 Å². The van der Waals surface area contributed by atoms with Crippen LogP contribution in [0.1, 0.15) is 41.8 Å². The van der Waals surface area contributed by atoms with Gasteiger partial charge in [0.2, 0.25) is 0 Å². The first-order valence-electron chi connectivity index (χ1n) is 17.4. The molecule has 4 aliphatic heterocycles. The first-order chi connectivity index (χ1) is 23.9. The largest absolute Gasteiger partial charge is 0.508 e. The van der Waals surface area contributed by atoms with Gasteiger partial charge >= 0.3 is 6.01 Å². The van der Waals surface area contributed by atoms with Gasteiger partial charge in [0.25, 0.3) is 0 Å². The number of halogens is 2. The van der Waals surface area contributed by atoms with Crippen LogP contribution >= 0.6 is 0 Å². The molecule has 47 heavy (non-hydrogen) atoms. The van der Waals surface area contributed by atoms with Crippen LogP contribution in [-0.2, 0) is 4.74 Å². The van der Waals surface area contributed by atoms with Crippen LogP contribution in [0.5, 0.6) is 11.8 Å². The minimum Gasteiger partial charge on any atom is -0.508 e. The molecule has 9 nitrogen and oxygen atoms in total. The number of anilines is 1. The van der Waals surface area contributed by atoms with Gasteiger partial charge in [0, 0.05) is 49.9 Å². The van der Waals surface area contributed by atoms with E-state index in [-0.39, 0.29) is 57.7 Å². The number of methoxy groups -OCH3 is 1. The quantitative estimate of drug-likeness (QED) is 0.215. The Morgan fingerprint density at radius 1 is 1.26 bits per heavy atom. The summed E-state index contributed by atoms with van der Waals surface area (Å²) in [5.74, 6) is 1.11. The fraction of sp³-hybridized carbons (Fsp3) is 0.417. The van der Waals surface area contributed by atoms with Crippen molar-refractivity contribution in [1.82, 2.24) is 25.2 Å². The first kappa shape index (κ1) is 26.7. The lowest BCUT2D eigenvalue weighted by atomic mass is 9.94. The highest BCUT2D eigenvalue weighted by molar-refractivity contribution is 6.03. The Hall–Kier alpha value is -4.37. The fourth-order valence-corrected chi connectivity index (χ4v) is 8.36. The first-order valence-corrected chi connectivity index (χ1v) is 15.9. The third-order valence-corrected chi connectivity index (χ3v) is 10.4. The Morgan fingerprint density at radius 2 is 2.15 bits per heavy atom. The third kappa shape index (κ3) is 4.89. The highest BCUT2D eigenvalue weighted by atomic mass is 19.1. The number of nitrogens with zero attached hydrogens (tertiary/aromatic N) is 5. The van der Waals surface area contributed by atoms with E-state index in [0.29, 0.717) is 42.7 Å². The van der Waals surface area contributed by atoms with Crippen LogP contribution in [0.3, 0.4) is 0 Å². The molecule has 4 aliphatic rings. The van der Waals surface area contributed by atoms with Crippen molar-refractivity contribution >= 4 is 27.5 Å². The van der Waals surface area contributed by atoms with Crippen molar-refractivity contribution in [2.45, 2.75) is 49.2 Å². The molecule has 2 aromatic carbocycles. The molecule has 0 amide bonds. The van der Waals surface area contributed by atoms with Crippen molar-refractivity contribution in [1.29, 1.82) is 0 Å². The summed E-state index contributed by atoms with van der Waals surface area (Å²) in [7, 11) is -2.56. The maximum Gasteiger partial charge on any atom is 0.319 e. The van der Waals surface area contributed by atoms with Crippen LogP contribution in [0.4, 0.5) is 14.6 Å². The van der Waals surface area contributed by atoms with Gasteiger partial charge in [0.05, 0.1) is 32.7 Å². The molecule has 3 atom stereocenters. The van der Waals surface area contributed by atoms with Crippen LogP contribution in [0.2, 0.25) is 0 Å². The van der Waals surface area contributed by atoms with Crippen molar-refractivity contribution in [2.75, 3.05) is 51.3 Å². The predicted molar refractivity (Wildman–Crippen MR) is 176 cm³/mol. The number of terminal acetylenes is 1. The molecule has 8 rings (SSSR count). The number of aromatic nitrogens is 3. The molecular formula is C36H36F2N6O3. The number of nitrogens with one attached hydrogen (secondary N) is 1. The van der Waals surface area contributed by atoms with Crippen molar-refractivity contribution in [3.63, 3.8) is 0 Å². The lowest BCUT2D eigenvalue weighted by Gasteiger charge is -2.41. The minimum absolute atomic E-state index is 0.0154. The molecule has 2 N–H and O–H groups in total. The predicted octanol–water partition coefficient (Wildman–Crippen LogP) is 4.94. The Balaban J connectivity index is 1.26. The van der Waals surface area contributed by atoms with Gasteiger partial charge in [-0.05, 0) is 62.2 Å². The molecule has 2 aromatic heterocycles. The Morgan fingerprint density at radius 3 is 3.00 bits per heavy atom. The summed E-state index contributed by atoms with van der Waals surface area (Å²) in [6, 6.07) is 5.41. The molecule has 0 unspecified atom stereocenters. The number of fused-ring (bicyclic) bond motifs is 5. The summed E-state index contributed by atoms with van der Waals surface area (Å²) in [4.78, 5) is 18.3. The molecule has 242 valence electrons. The molecular weight excluding hydrogens is 602 g/mol. The standard InChI is InChI=1S/C36H36F2N6O3/c1-4-25-28(37)7-6-22-12-24(45)13-26(29(22)25)31-30(38)32-27(15-39-31)33(43-17-23-8-10-35(18-43,42-23)19-46-3)41-34(40-32)47-20-36-9-5-11-44(36)16-21(2)14-36/h1,6-7,12-13,15,23,42,45H,2,5,8-11,14,16-20H2,3H3/t23-,35+,36-/m0/s1/i3D3. The van der Waals surface area contributed by atoms with Crippen molar-refractivity contribution in [2.24, 2.45) is 0 Å². The van der Waals surface area contributed by atoms with Gasteiger partial charge < -0.3 is 24.8 Å². The summed E-state index contributed by atoms with van der Waals surface area (Å²) in [5.41, 5.74) is 0.0271. The molecule has 0 radical (unpaired) electrons. The monoisotopic (exact) mass is 641 g/mol. The molecule has 2 bridgehead atoms. The summed E-state index contributed by atoms with van der Waals surface area (Å²) in [6.07, 6.45) is 11.4. The Kier molecular flexibility index (Phi) is 6.31. The van der Waals surface area contributed by atoms with Gasteiger partial charge in [-0.3, -0.25) is 9.88 Å². The number of hydrogen-bond donors (Lipinski definition) is 2. The zero-order valence-electron chi connectivity index (χ0n) is 28.8. The van der Waals surface area contributed by atoms with E-state index in [1.165, 1.54) is 30.5 Å². The van der Waals surface area contributed by atoms with E-state index < -0.39 is 24.2 Å². The van der Waals surface area contributed by atoms with E-state index in [4.69, 9.17) is 25.0 Å². The van der Waals surface area contributed by atoms with Crippen molar-refractivity contribution in [3.05, 3.63) is 59.8 Å². The van der Waals surface area contributed by atoms with Gasteiger partial charge in [-0.2, -0.15) is 9.97 Å². The molecule has 6 heterocycles. The molecule has 4 saturated heterocycles. The number of rotatable bonds is 7. The minimum atomic E-state index is -2.56. The second-order valence-electron chi connectivity index (χ2n) is 13.5. The lowest BCUT2D eigenvalue weighted by Crippen LogP contribution is -2.61. The van der Waals surface area contributed by atoms with E-state index in [1.807, 2.05) is 4.90 Å². The zero-order valence-corrected chi connectivity index (χ0v) is 25.8. The van der Waals surface area contributed by atoms with E-state index >= 15 is 4.39 Å². The second kappa shape index (κ2) is 11.1. The number of phenolic OH excluding ortho intramolecular Hbond substituents is 1. The molecule has 0 aliphatic carbocycles. The smallest absolute Gasteiger partial charge is 0.319 e. The summed E-state index contributed by atoms with van der Waals surface area (Å²) in [6.45, 7) is 7.06. The number of piperazine rings is 1. The SMILES string of the molecule is [2H]C([2H])([2H])OC[C@@]12CC[C@@H](CN(c3nc(OC[C@@]45CCCN4CC(=C)C5)nc4c(F)c(-c5cc(O)cc6ccc(F)c(C#C)c56)ncc34)C1)N2. The van der Waals surface area contributed by atoms with Gasteiger partial charge in [0.15, 0.2) is 5.82 Å². The topological polar surface area (TPSA) is 95.9 Å². The highest BCUT2D eigenvalue weighted by Crippen LogP contribution is 2.43. The van der Waals surface area contributed by atoms with Crippen LogP contribution in [0.25, 0.3) is 32.9 Å². The normalized spacial score (nSPS) is 26.7. The summed E-state index contributed by atoms with van der Waals surface area (Å²) < 4.78 is 66.4. The van der Waals surface area contributed by atoms with E-state index in [9.17, 15) is 9.50 Å². The number of ether oxygens (including phenoxy) is 2. The second-order valence-corrected chi connectivity index (χ2v) is 13.5. The van der Waals surface area contributed by atoms with Gasteiger partial charge in [-0.1, -0.05) is 24.1 Å². The van der Waals surface area contributed by atoms with Crippen LogP contribution < -0.4 is 15.0 Å². The number of pyridine rings is 1. The molecule has 4 fully saturated rings. The van der Waals surface area contributed by atoms with Crippen LogP contribution in [-0.4, -0.2) is 88.5 Å². The summed E-state index contributed by atoms with van der Waals surface area (Å²) >= 11 is 0. The molecule has 0 spiro atoms. The average Bonchev–Trinajstić information content (AvgIpc) is 3.71. The van der Waals surface area contributed by atoms with Crippen molar-refractivity contribution in [3.8, 4) is 35.4 Å². The maximum atomic E-state index is 17.0. The number of phenols is 1. The Labute approximate surface area is 275 Å². The molecule has 11 heteroatoms. The highest BCUT2D eigenvalue weighted by Gasteiger charge is 2.47. The van der Waals surface area contributed by atoms with Gasteiger partial charge in [-0.25, -0.2) is 8.78 Å². The van der Waals surface area contributed by atoms with E-state index in [0.717, 1.165) is 44.3 Å². The number of benzene rings is 2. The number of aromatic hydroxyl groups is 1. The Bertz CT molecular complexity index is 2110. The van der Waals surface area contributed by atoms with Crippen LogP contribution in [0.15, 0.2) is 42.6 Å². The fourth-order valence-electron chi connectivity index (χ4n) is 8.36. The van der Waals surface area contributed by atoms with E-state index in [1.54, 1.807) is 0 Å². The molecule has 0 saturated carbocycles. The third-order valence-electron chi connectivity index (χ3n) is 10.4. The zero-order chi connectivity index (χ0) is 35.0. The summed E-state index contributed by atoms with van der Waals surface area (Å²) in [5, 5.41) is 15.1. The average molecular weight is 642 g/mol. The number of hydrogen-bond acceptors (Lipinski definition) is 9. The van der Waals surface area contributed by atoms with Gasteiger partial charge in [0.1, 0.15) is 35.2 Å². The van der Waals surface area contributed by atoms with Gasteiger partial charge in [-0.15, -0.1) is 6.42 Å². The molecule has 4 aromatic rings. The lowest BCUT2D eigenvalue weighted by molar-refractivity contribution is 0.107.